The van der Waals surface area contributed by atoms with Crippen LogP contribution in [0.2, 0.25) is 0 Å². The molecule has 152 valence electrons. The molecule has 28 heavy (non-hydrogen) atoms. The van der Waals surface area contributed by atoms with Gasteiger partial charge >= 0.3 is 5.97 Å². The van der Waals surface area contributed by atoms with Crippen molar-refractivity contribution in [2.75, 3.05) is 19.7 Å². The van der Waals surface area contributed by atoms with Gasteiger partial charge in [-0.2, -0.15) is 0 Å². The van der Waals surface area contributed by atoms with Gasteiger partial charge in [0.05, 0.1) is 12.5 Å². The van der Waals surface area contributed by atoms with E-state index in [1.165, 1.54) is 12.1 Å². The van der Waals surface area contributed by atoms with E-state index in [0.717, 1.165) is 44.2 Å². The van der Waals surface area contributed by atoms with Crippen LogP contribution in [0.3, 0.4) is 0 Å². The standard InChI is InChI=1S/C22H28FNO4/c1-14(25)22(16-4-5-16)10-8-18(13-28-22)24-11-9-19(20(12-24)21(26)27)15-2-6-17(23)7-3-15/h2-3,6-7,16,18-20H,4-5,8-13H2,1H3,(H,26,27)/t18?,19?,20-,22-/m1/s1. The highest BCUT2D eigenvalue weighted by Gasteiger charge is 2.52. The maximum absolute atomic E-state index is 13.2. The Hall–Kier alpha value is -1.79. The minimum Gasteiger partial charge on any atom is -0.481 e. The average molecular weight is 389 g/mol. The second kappa shape index (κ2) is 7.56. The van der Waals surface area contributed by atoms with Crippen molar-refractivity contribution in [3.8, 4) is 0 Å². The van der Waals surface area contributed by atoms with E-state index in [2.05, 4.69) is 4.90 Å². The molecule has 6 heteroatoms. The van der Waals surface area contributed by atoms with Gasteiger partial charge in [-0.1, -0.05) is 12.1 Å². The Kier molecular flexibility index (Phi) is 5.27. The quantitative estimate of drug-likeness (QED) is 0.838. The predicted molar refractivity (Wildman–Crippen MR) is 102 cm³/mol. The van der Waals surface area contributed by atoms with Crippen LogP contribution >= 0.6 is 0 Å². The topological polar surface area (TPSA) is 66.8 Å². The molecule has 5 nitrogen and oxygen atoms in total. The maximum atomic E-state index is 13.2. The van der Waals surface area contributed by atoms with Gasteiger partial charge in [-0.3, -0.25) is 14.5 Å². The number of Topliss-reactive ketones (excluding diaryl/α,β-unsaturated/α-hetero) is 1. The highest BCUT2D eigenvalue weighted by atomic mass is 19.1. The number of aliphatic carboxylic acids is 1. The molecular weight excluding hydrogens is 361 g/mol. The van der Waals surface area contributed by atoms with Gasteiger partial charge < -0.3 is 9.84 Å². The summed E-state index contributed by atoms with van der Waals surface area (Å²) >= 11 is 0. The zero-order valence-corrected chi connectivity index (χ0v) is 16.3. The number of ether oxygens (including phenoxy) is 1. The number of hydrogen-bond acceptors (Lipinski definition) is 4. The summed E-state index contributed by atoms with van der Waals surface area (Å²) in [5, 5.41) is 9.80. The first-order valence-corrected chi connectivity index (χ1v) is 10.3. The van der Waals surface area contributed by atoms with Crippen LogP contribution in [0.4, 0.5) is 4.39 Å². The molecule has 0 spiro atoms. The summed E-state index contributed by atoms with van der Waals surface area (Å²) < 4.78 is 19.4. The van der Waals surface area contributed by atoms with Gasteiger partial charge in [0.25, 0.3) is 0 Å². The minimum absolute atomic E-state index is 0.110. The zero-order valence-electron chi connectivity index (χ0n) is 16.3. The molecule has 2 aliphatic heterocycles. The molecule has 4 rings (SSSR count). The molecule has 1 aliphatic carbocycles. The van der Waals surface area contributed by atoms with E-state index in [1.54, 1.807) is 19.1 Å². The van der Waals surface area contributed by atoms with E-state index < -0.39 is 17.5 Å². The summed E-state index contributed by atoms with van der Waals surface area (Å²) in [4.78, 5) is 26.4. The molecule has 0 bridgehead atoms. The fraction of sp³-hybridized carbons (Fsp3) is 0.636. The highest BCUT2D eigenvalue weighted by molar-refractivity contribution is 5.86. The molecule has 1 aromatic rings. The number of carbonyl (C=O) groups excluding carboxylic acids is 1. The van der Waals surface area contributed by atoms with Crippen molar-refractivity contribution in [1.82, 2.24) is 4.90 Å². The molecule has 1 aromatic carbocycles. The van der Waals surface area contributed by atoms with E-state index in [9.17, 15) is 19.1 Å². The van der Waals surface area contributed by atoms with Crippen molar-refractivity contribution in [3.05, 3.63) is 35.6 Å². The van der Waals surface area contributed by atoms with Crippen LogP contribution in [0.1, 0.15) is 50.5 Å². The number of ketones is 1. The molecule has 3 aliphatic rings. The lowest BCUT2D eigenvalue weighted by Gasteiger charge is -2.46. The third-order valence-electron chi connectivity index (χ3n) is 6.99. The first kappa shape index (κ1) is 19.5. The molecule has 2 saturated heterocycles. The number of likely N-dealkylation sites (tertiary alicyclic amines) is 1. The van der Waals surface area contributed by atoms with Crippen LogP contribution in [0.25, 0.3) is 0 Å². The number of piperidine rings is 1. The predicted octanol–water partition coefficient (Wildman–Crippen LogP) is 3.23. The van der Waals surface area contributed by atoms with E-state index in [4.69, 9.17) is 4.74 Å². The minimum atomic E-state index is -0.813. The lowest BCUT2D eigenvalue weighted by molar-refractivity contribution is -0.162. The third kappa shape index (κ3) is 3.60. The molecular formula is C22H28FNO4. The summed E-state index contributed by atoms with van der Waals surface area (Å²) in [6.45, 7) is 3.37. The van der Waals surface area contributed by atoms with E-state index >= 15 is 0 Å². The van der Waals surface area contributed by atoms with Crippen LogP contribution < -0.4 is 0 Å². The van der Waals surface area contributed by atoms with Crippen LogP contribution in [0.15, 0.2) is 24.3 Å². The largest absolute Gasteiger partial charge is 0.481 e. The van der Waals surface area contributed by atoms with Crippen molar-refractivity contribution < 1.29 is 23.8 Å². The van der Waals surface area contributed by atoms with E-state index in [0.29, 0.717) is 19.1 Å². The van der Waals surface area contributed by atoms with Gasteiger partial charge in [-0.05, 0) is 75.1 Å². The van der Waals surface area contributed by atoms with Crippen molar-refractivity contribution >= 4 is 11.8 Å². The summed E-state index contributed by atoms with van der Waals surface area (Å²) in [6, 6.07) is 6.35. The van der Waals surface area contributed by atoms with Crippen LogP contribution in [-0.2, 0) is 14.3 Å². The normalized spacial score (nSPS) is 34.1. The number of benzene rings is 1. The first-order valence-electron chi connectivity index (χ1n) is 10.3. The Labute approximate surface area is 164 Å². The van der Waals surface area contributed by atoms with Gasteiger partial charge in [-0.25, -0.2) is 4.39 Å². The molecule has 1 saturated carbocycles. The molecule has 0 aromatic heterocycles. The summed E-state index contributed by atoms with van der Waals surface area (Å²) in [6.07, 6.45) is 4.44. The Balaban J connectivity index is 1.43. The van der Waals surface area contributed by atoms with Crippen molar-refractivity contribution in [2.24, 2.45) is 11.8 Å². The molecule has 3 fully saturated rings. The lowest BCUT2D eigenvalue weighted by atomic mass is 9.79. The summed E-state index contributed by atoms with van der Waals surface area (Å²) in [5.74, 6) is -1.26. The number of carbonyl (C=O) groups is 2. The second-order valence-corrected chi connectivity index (χ2v) is 8.61. The zero-order chi connectivity index (χ0) is 19.9. The molecule has 2 heterocycles. The SMILES string of the molecule is CC(=O)[C@@]1(C2CC2)CCC(N2CCC(c3ccc(F)cc3)[C@H](C(=O)O)C2)CO1. The monoisotopic (exact) mass is 389 g/mol. The highest BCUT2D eigenvalue weighted by Crippen LogP contribution is 2.47. The maximum Gasteiger partial charge on any atom is 0.308 e. The van der Waals surface area contributed by atoms with Crippen molar-refractivity contribution in [1.29, 1.82) is 0 Å². The Bertz CT molecular complexity index is 737. The lowest BCUT2D eigenvalue weighted by Crippen LogP contribution is -2.55. The van der Waals surface area contributed by atoms with Crippen molar-refractivity contribution in [3.63, 3.8) is 0 Å². The third-order valence-corrected chi connectivity index (χ3v) is 6.99. The summed E-state index contributed by atoms with van der Waals surface area (Å²) in [5.41, 5.74) is 0.285. The Morgan fingerprint density at radius 1 is 1.18 bits per heavy atom. The molecule has 0 amide bonds. The number of rotatable bonds is 5. The van der Waals surface area contributed by atoms with Gasteiger partial charge in [-0.15, -0.1) is 0 Å². The fourth-order valence-corrected chi connectivity index (χ4v) is 5.17. The van der Waals surface area contributed by atoms with Gasteiger partial charge in [0, 0.05) is 12.6 Å². The number of carboxylic acids is 1. The van der Waals surface area contributed by atoms with Gasteiger partial charge in [0.2, 0.25) is 0 Å². The number of nitrogens with zero attached hydrogens (tertiary/aromatic N) is 1. The summed E-state index contributed by atoms with van der Waals surface area (Å²) in [7, 11) is 0. The Morgan fingerprint density at radius 3 is 2.43 bits per heavy atom. The van der Waals surface area contributed by atoms with E-state index in [1.807, 2.05) is 0 Å². The van der Waals surface area contributed by atoms with Crippen LogP contribution in [-0.4, -0.2) is 53.1 Å². The molecule has 0 radical (unpaired) electrons. The van der Waals surface area contributed by atoms with E-state index in [-0.39, 0.29) is 23.6 Å². The number of hydrogen-bond donors (Lipinski definition) is 1. The smallest absolute Gasteiger partial charge is 0.308 e. The first-order chi connectivity index (χ1) is 13.4. The molecule has 4 atom stereocenters. The average Bonchev–Trinajstić information content (AvgIpc) is 3.54. The Morgan fingerprint density at radius 2 is 1.89 bits per heavy atom. The fourth-order valence-electron chi connectivity index (χ4n) is 5.17. The van der Waals surface area contributed by atoms with Crippen LogP contribution in [0.5, 0.6) is 0 Å². The number of carboxylic acid groups (broad SMARTS) is 1. The van der Waals surface area contributed by atoms with Gasteiger partial charge in [0.15, 0.2) is 5.78 Å². The van der Waals surface area contributed by atoms with Crippen molar-refractivity contribution in [2.45, 2.75) is 56.6 Å². The molecule has 1 N–H and O–H groups in total. The number of halogens is 1. The second-order valence-electron chi connectivity index (χ2n) is 8.61. The van der Waals surface area contributed by atoms with Gasteiger partial charge in [0.1, 0.15) is 11.4 Å². The van der Waals surface area contributed by atoms with Crippen LogP contribution in [0, 0.1) is 17.7 Å². The molecule has 2 unspecified atom stereocenters.